The Morgan fingerprint density at radius 3 is 2.62 bits per heavy atom. The Bertz CT molecular complexity index is 1120. The third-order valence-corrected chi connectivity index (χ3v) is 6.15. The molecule has 1 saturated heterocycles. The second-order valence-corrected chi connectivity index (χ2v) is 8.95. The number of anilines is 1. The number of carbonyl (C=O) groups is 1. The maximum absolute atomic E-state index is 12.7. The minimum Gasteiger partial charge on any atom is -0.461 e. The van der Waals surface area contributed by atoms with Crippen molar-refractivity contribution in [2.45, 2.75) is 45.6 Å². The second kappa shape index (κ2) is 9.54. The number of pyridine rings is 2. The fourth-order valence-electron chi connectivity index (χ4n) is 4.09. The topological polar surface area (TPSA) is 82.4 Å². The van der Waals surface area contributed by atoms with Gasteiger partial charge in [-0.2, -0.15) is 9.78 Å². The van der Waals surface area contributed by atoms with Crippen LogP contribution in [-0.2, 0) is 9.47 Å². The molecule has 1 fully saturated rings. The van der Waals surface area contributed by atoms with Crippen LogP contribution < -0.4 is 4.90 Å². The number of esters is 1. The highest BCUT2D eigenvalue weighted by atomic mass is 79.9. The van der Waals surface area contributed by atoms with Crippen molar-refractivity contribution in [2.24, 2.45) is 0 Å². The van der Waals surface area contributed by atoms with Gasteiger partial charge in [0, 0.05) is 20.2 Å². The molecule has 1 aliphatic rings. The van der Waals surface area contributed by atoms with Crippen LogP contribution >= 0.6 is 15.9 Å². The first-order valence-corrected chi connectivity index (χ1v) is 11.7. The lowest BCUT2D eigenvalue weighted by Gasteiger charge is -2.33. The van der Waals surface area contributed by atoms with Crippen LogP contribution in [0.1, 0.15) is 55.7 Å². The highest BCUT2D eigenvalue weighted by Crippen LogP contribution is 2.36. The lowest BCUT2D eigenvalue weighted by molar-refractivity contribution is 0.0519. The minimum absolute atomic E-state index is 0.163. The van der Waals surface area contributed by atoms with Gasteiger partial charge in [0.1, 0.15) is 4.60 Å². The van der Waals surface area contributed by atoms with Crippen molar-refractivity contribution < 1.29 is 14.3 Å². The van der Waals surface area contributed by atoms with Gasteiger partial charge in [-0.05, 0) is 59.8 Å². The Kier molecular flexibility index (Phi) is 6.76. The van der Waals surface area contributed by atoms with E-state index in [1.165, 1.54) is 0 Å². The van der Waals surface area contributed by atoms with E-state index in [0.29, 0.717) is 16.1 Å². The molecule has 0 amide bonds. The third-order valence-electron chi connectivity index (χ3n) is 5.71. The average Bonchev–Trinajstić information content (AvgIpc) is 3.19. The second-order valence-electron chi connectivity index (χ2n) is 8.14. The number of hydrogen-bond donors (Lipinski definition) is 0. The van der Waals surface area contributed by atoms with Gasteiger partial charge in [-0.25, -0.2) is 14.8 Å². The number of halogens is 1. The van der Waals surface area contributed by atoms with E-state index >= 15 is 0 Å². The number of nitrogens with zero attached hydrogens (tertiary/aromatic N) is 5. The fraction of sp³-hybridized carbons (Fsp3) is 0.478. The summed E-state index contributed by atoms with van der Waals surface area (Å²) in [6, 6.07) is 7.49. The molecule has 170 valence electrons. The van der Waals surface area contributed by atoms with Crippen LogP contribution in [0.3, 0.4) is 0 Å². The smallest absolute Gasteiger partial charge is 0.357 e. The van der Waals surface area contributed by atoms with Crippen LogP contribution in [0.15, 0.2) is 28.9 Å². The minimum atomic E-state index is -0.441. The molecule has 8 nitrogen and oxygen atoms in total. The maximum Gasteiger partial charge on any atom is 0.357 e. The summed E-state index contributed by atoms with van der Waals surface area (Å²) in [7, 11) is 1.76. The Labute approximate surface area is 196 Å². The average molecular weight is 502 g/mol. The molecular weight excluding hydrogens is 474 g/mol. The molecule has 0 spiro atoms. The first-order valence-electron chi connectivity index (χ1n) is 10.9. The van der Waals surface area contributed by atoms with Crippen molar-refractivity contribution in [3.8, 4) is 5.82 Å². The number of carbonyl (C=O) groups excluding carboxylic acids is 1. The van der Waals surface area contributed by atoms with Gasteiger partial charge in [-0.15, -0.1) is 0 Å². The molecule has 0 saturated carbocycles. The Hall–Kier alpha value is -2.52. The number of methoxy groups -OCH3 is 1. The normalized spacial score (nSPS) is 15.0. The summed E-state index contributed by atoms with van der Waals surface area (Å²) < 4.78 is 13.3. The number of hydrogen-bond acceptors (Lipinski definition) is 7. The summed E-state index contributed by atoms with van der Waals surface area (Å²) in [5.41, 5.74) is 2.76. The molecule has 0 N–H and O–H groups in total. The lowest BCUT2D eigenvalue weighted by atomic mass is 10.0. The van der Waals surface area contributed by atoms with Crippen LogP contribution in [0, 0.1) is 0 Å². The summed E-state index contributed by atoms with van der Waals surface area (Å²) >= 11 is 3.44. The van der Waals surface area contributed by atoms with Gasteiger partial charge in [0.2, 0.25) is 0 Å². The molecule has 0 aromatic carbocycles. The van der Waals surface area contributed by atoms with Crippen LogP contribution in [0.5, 0.6) is 0 Å². The quantitative estimate of drug-likeness (QED) is 0.363. The van der Waals surface area contributed by atoms with E-state index in [0.717, 1.165) is 42.7 Å². The molecule has 0 unspecified atom stereocenters. The highest BCUT2D eigenvalue weighted by Gasteiger charge is 2.27. The zero-order valence-electron chi connectivity index (χ0n) is 18.8. The summed E-state index contributed by atoms with van der Waals surface area (Å²) in [5.74, 6) is 0.355. The number of fused-ring (bicyclic) bond motifs is 1. The summed E-state index contributed by atoms with van der Waals surface area (Å²) in [5, 5.41) is 5.85. The van der Waals surface area contributed by atoms with E-state index in [2.05, 4.69) is 39.7 Å². The van der Waals surface area contributed by atoms with E-state index in [4.69, 9.17) is 19.6 Å². The molecule has 3 aromatic heterocycles. The number of piperidine rings is 1. The van der Waals surface area contributed by atoms with E-state index in [1.807, 2.05) is 24.3 Å². The first-order chi connectivity index (χ1) is 15.4. The molecule has 0 radical (unpaired) electrons. The van der Waals surface area contributed by atoms with Crippen LogP contribution in [0.25, 0.3) is 16.9 Å². The Morgan fingerprint density at radius 2 is 2.00 bits per heavy atom. The first kappa shape index (κ1) is 22.7. The zero-order valence-corrected chi connectivity index (χ0v) is 20.4. The summed E-state index contributed by atoms with van der Waals surface area (Å²) in [6.07, 6.45) is 2.10. The predicted octanol–water partition coefficient (Wildman–Crippen LogP) is 4.49. The monoisotopic (exact) mass is 501 g/mol. The van der Waals surface area contributed by atoms with Crippen molar-refractivity contribution in [1.29, 1.82) is 0 Å². The molecule has 0 aliphatic carbocycles. The summed E-state index contributed by atoms with van der Waals surface area (Å²) in [6.45, 7) is 7.97. The molecule has 0 bridgehead atoms. The van der Waals surface area contributed by atoms with Crippen LogP contribution in [0.2, 0.25) is 0 Å². The van der Waals surface area contributed by atoms with Crippen LogP contribution in [0.4, 0.5) is 5.69 Å². The zero-order chi connectivity index (χ0) is 22.8. The van der Waals surface area contributed by atoms with Crippen molar-refractivity contribution in [2.75, 3.05) is 31.7 Å². The van der Waals surface area contributed by atoms with Crippen LogP contribution in [-0.4, -0.2) is 58.6 Å². The van der Waals surface area contributed by atoms with Gasteiger partial charge in [0.05, 0.1) is 29.5 Å². The Morgan fingerprint density at radius 1 is 1.25 bits per heavy atom. The van der Waals surface area contributed by atoms with E-state index < -0.39 is 5.97 Å². The molecule has 0 atom stereocenters. The molecule has 4 rings (SSSR count). The van der Waals surface area contributed by atoms with Crippen molar-refractivity contribution in [3.63, 3.8) is 0 Å². The van der Waals surface area contributed by atoms with Crippen molar-refractivity contribution >= 4 is 38.6 Å². The standard InChI is InChI=1S/C23H28BrN5O3/c1-5-32-23(30)16-13-17(28-11-9-15(31-4)10-12-28)20-21(14(2)3)27-29(22(20)25-16)19-8-6-7-18(24)26-19/h6-8,13-15H,5,9-12H2,1-4H3. The van der Waals surface area contributed by atoms with Gasteiger partial charge >= 0.3 is 5.97 Å². The molecule has 9 heteroatoms. The van der Waals surface area contributed by atoms with Gasteiger partial charge in [-0.3, -0.25) is 0 Å². The van der Waals surface area contributed by atoms with Crippen molar-refractivity contribution in [1.82, 2.24) is 19.7 Å². The number of rotatable bonds is 6. The number of ether oxygens (including phenoxy) is 2. The molecule has 3 aromatic rings. The van der Waals surface area contributed by atoms with Gasteiger partial charge in [0.15, 0.2) is 17.2 Å². The summed E-state index contributed by atoms with van der Waals surface area (Å²) in [4.78, 5) is 24.3. The largest absolute Gasteiger partial charge is 0.461 e. The Balaban J connectivity index is 1.95. The molecular formula is C23H28BrN5O3. The maximum atomic E-state index is 12.7. The highest BCUT2D eigenvalue weighted by molar-refractivity contribution is 9.10. The van der Waals surface area contributed by atoms with E-state index in [1.54, 1.807) is 18.7 Å². The fourth-order valence-corrected chi connectivity index (χ4v) is 4.43. The van der Waals surface area contributed by atoms with E-state index in [9.17, 15) is 4.79 Å². The third kappa shape index (κ3) is 4.36. The van der Waals surface area contributed by atoms with Gasteiger partial charge in [-0.1, -0.05) is 19.9 Å². The molecule has 1 aliphatic heterocycles. The van der Waals surface area contributed by atoms with Gasteiger partial charge < -0.3 is 14.4 Å². The van der Waals surface area contributed by atoms with E-state index in [-0.39, 0.29) is 24.3 Å². The molecule has 4 heterocycles. The molecule has 32 heavy (non-hydrogen) atoms. The van der Waals surface area contributed by atoms with Gasteiger partial charge in [0.25, 0.3) is 0 Å². The van der Waals surface area contributed by atoms with Crippen molar-refractivity contribution in [3.05, 3.63) is 40.3 Å². The number of aromatic nitrogens is 4. The SMILES string of the molecule is CCOC(=O)c1cc(N2CCC(OC)CC2)c2c(C(C)C)nn(-c3cccc(Br)n3)c2n1. The predicted molar refractivity (Wildman–Crippen MR) is 127 cm³/mol. The lowest BCUT2D eigenvalue weighted by Crippen LogP contribution is -2.37.